The van der Waals surface area contributed by atoms with E-state index in [0.717, 1.165) is 16.6 Å². The fourth-order valence-electron chi connectivity index (χ4n) is 1.52. The van der Waals surface area contributed by atoms with E-state index in [-0.39, 0.29) is 5.56 Å². The molecule has 0 atom stereocenters. The number of H-pyrrole nitrogens is 1. The zero-order valence-electron chi connectivity index (χ0n) is 9.24. The average Bonchev–Trinajstić information content (AvgIpc) is 2.27. The van der Waals surface area contributed by atoms with E-state index in [4.69, 9.17) is 6.42 Å². The third kappa shape index (κ3) is 1.70. The van der Waals surface area contributed by atoms with E-state index in [2.05, 4.69) is 29.7 Å². The molecule has 0 spiro atoms. The zero-order valence-corrected chi connectivity index (χ0v) is 9.24. The SMILES string of the molecule is C#Cc1cc2ncc(C(C)C)cc2[nH]c1=O. The molecule has 2 rings (SSSR count). The smallest absolute Gasteiger partial charge is 0.264 e. The first kappa shape index (κ1) is 10.4. The first-order chi connectivity index (χ1) is 7.61. The highest BCUT2D eigenvalue weighted by Crippen LogP contribution is 2.17. The fraction of sp³-hybridized carbons (Fsp3) is 0.231. The summed E-state index contributed by atoms with van der Waals surface area (Å²) in [4.78, 5) is 18.5. The molecule has 0 radical (unpaired) electrons. The Morgan fingerprint density at radius 3 is 2.81 bits per heavy atom. The summed E-state index contributed by atoms with van der Waals surface area (Å²) < 4.78 is 0. The summed E-state index contributed by atoms with van der Waals surface area (Å²) in [6, 6.07) is 3.58. The number of rotatable bonds is 1. The maximum Gasteiger partial charge on any atom is 0.264 e. The number of fused-ring (bicyclic) bond motifs is 1. The van der Waals surface area contributed by atoms with Gasteiger partial charge in [0.2, 0.25) is 0 Å². The Balaban J connectivity index is 2.73. The topological polar surface area (TPSA) is 45.8 Å². The largest absolute Gasteiger partial charge is 0.320 e. The summed E-state index contributed by atoms with van der Waals surface area (Å²) in [7, 11) is 0. The monoisotopic (exact) mass is 212 g/mol. The lowest BCUT2D eigenvalue weighted by Crippen LogP contribution is -2.10. The lowest BCUT2D eigenvalue weighted by Gasteiger charge is -2.05. The van der Waals surface area contributed by atoms with Crippen LogP contribution >= 0.6 is 0 Å². The van der Waals surface area contributed by atoms with Gasteiger partial charge in [0.25, 0.3) is 5.56 Å². The number of pyridine rings is 2. The molecule has 0 aliphatic carbocycles. The third-order valence-electron chi connectivity index (χ3n) is 2.54. The van der Waals surface area contributed by atoms with E-state index in [1.165, 1.54) is 0 Å². The van der Waals surface area contributed by atoms with Crippen LogP contribution in [0.4, 0.5) is 0 Å². The van der Waals surface area contributed by atoms with Crippen molar-refractivity contribution in [2.45, 2.75) is 19.8 Å². The molecular weight excluding hydrogens is 200 g/mol. The molecule has 2 aromatic rings. The van der Waals surface area contributed by atoms with Gasteiger partial charge in [-0.05, 0) is 23.6 Å². The van der Waals surface area contributed by atoms with Gasteiger partial charge in [-0.15, -0.1) is 6.42 Å². The molecule has 80 valence electrons. The van der Waals surface area contributed by atoms with Gasteiger partial charge in [0.1, 0.15) is 0 Å². The molecule has 0 aliphatic rings. The van der Waals surface area contributed by atoms with Gasteiger partial charge in [-0.3, -0.25) is 9.78 Å². The lowest BCUT2D eigenvalue weighted by molar-refractivity contribution is 0.861. The van der Waals surface area contributed by atoms with E-state index in [0.29, 0.717) is 11.5 Å². The van der Waals surface area contributed by atoms with Crippen molar-refractivity contribution in [3.05, 3.63) is 39.8 Å². The van der Waals surface area contributed by atoms with Crippen molar-refractivity contribution in [3.63, 3.8) is 0 Å². The molecular formula is C13H12N2O. The van der Waals surface area contributed by atoms with Crippen molar-refractivity contribution >= 4 is 11.0 Å². The van der Waals surface area contributed by atoms with Crippen LogP contribution in [0.3, 0.4) is 0 Å². The van der Waals surface area contributed by atoms with Crippen LogP contribution in [0.5, 0.6) is 0 Å². The van der Waals surface area contributed by atoms with Crippen LogP contribution in [0.1, 0.15) is 30.9 Å². The predicted octanol–water partition coefficient (Wildman–Crippen LogP) is 2.03. The Labute approximate surface area is 93.5 Å². The minimum Gasteiger partial charge on any atom is -0.320 e. The van der Waals surface area contributed by atoms with Crippen molar-refractivity contribution in [2.75, 3.05) is 0 Å². The highest BCUT2D eigenvalue weighted by atomic mass is 16.1. The fourth-order valence-corrected chi connectivity index (χ4v) is 1.52. The normalized spacial score (nSPS) is 10.6. The van der Waals surface area contributed by atoms with Crippen LogP contribution in [0.15, 0.2) is 23.1 Å². The molecule has 0 saturated heterocycles. The van der Waals surface area contributed by atoms with Crippen LogP contribution in [-0.2, 0) is 0 Å². The second kappa shape index (κ2) is 3.82. The van der Waals surface area contributed by atoms with E-state index >= 15 is 0 Å². The van der Waals surface area contributed by atoms with Crippen molar-refractivity contribution in [2.24, 2.45) is 0 Å². The Hall–Kier alpha value is -2.08. The second-order valence-corrected chi connectivity index (χ2v) is 4.01. The molecule has 0 saturated carbocycles. The molecule has 0 amide bonds. The number of hydrogen-bond donors (Lipinski definition) is 1. The molecule has 16 heavy (non-hydrogen) atoms. The van der Waals surface area contributed by atoms with Crippen molar-refractivity contribution in [1.82, 2.24) is 9.97 Å². The van der Waals surface area contributed by atoms with Crippen LogP contribution < -0.4 is 5.56 Å². The van der Waals surface area contributed by atoms with Crippen LogP contribution in [0.25, 0.3) is 11.0 Å². The van der Waals surface area contributed by atoms with Crippen molar-refractivity contribution in [1.29, 1.82) is 0 Å². The molecule has 0 fully saturated rings. The first-order valence-electron chi connectivity index (χ1n) is 5.11. The summed E-state index contributed by atoms with van der Waals surface area (Å²) >= 11 is 0. The van der Waals surface area contributed by atoms with E-state index in [1.807, 2.05) is 12.3 Å². The summed E-state index contributed by atoms with van der Waals surface area (Å²) in [5.74, 6) is 2.72. The summed E-state index contributed by atoms with van der Waals surface area (Å²) in [5, 5.41) is 0. The molecule has 0 bridgehead atoms. The number of nitrogens with zero attached hydrogens (tertiary/aromatic N) is 1. The number of aromatic amines is 1. The molecule has 3 nitrogen and oxygen atoms in total. The first-order valence-corrected chi connectivity index (χ1v) is 5.11. The van der Waals surface area contributed by atoms with Gasteiger partial charge in [0, 0.05) is 6.20 Å². The molecule has 2 heterocycles. The minimum absolute atomic E-state index is 0.238. The second-order valence-electron chi connectivity index (χ2n) is 4.01. The Kier molecular flexibility index (Phi) is 2.49. The van der Waals surface area contributed by atoms with Gasteiger partial charge in [0.15, 0.2) is 0 Å². The van der Waals surface area contributed by atoms with Crippen molar-refractivity contribution in [3.8, 4) is 12.3 Å². The number of hydrogen-bond acceptors (Lipinski definition) is 2. The van der Waals surface area contributed by atoms with Crippen LogP contribution in [-0.4, -0.2) is 9.97 Å². The van der Waals surface area contributed by atoms with E-state index in [1.54, 1.807) is 6.07 Å². The number of aromatic nitrogens is 2. The average molecular weight is 212 g/mol. The third-order valence-corrected chi connectivity index (χ3v) is 2.54. The maximum atomic E-state index is 11.5. The lowest BCUT2D eigenvalue weighted by atomic mass is 10.1. The summed E-state index contributed by atoms with van der Waals surface area (Å²) in [6.07, 6.45) is 7.03. The summed E-state index contributed by atoms with van der Waals surface area (Å²) in [5.41, 5.74) is 2.62. The Bertz CT molecular complexity index is 632. The van der Waals surface area contributed by atoms with E-state index < -0.39 is 0 Å². The Morgan fingerprint density at radius 2 is 2.19 bits per heavy atom. The highest BCUT2D eigenvalue weighted by molar-refractivity contribution is 5.75. The molecule has 0 unspecified atom stereocenters. The molecule has 1 N–H and O–H groups in total. The molecule has 3 heteroatoms. The highest BCUT2D eigenvalue weighted by Gasteiger charge is 2.04. The standard InChI is InChI=1S/C13H12N2O/c1-4-9-5-11-12(15-13(9)16)6-10(7-14-11)8(2)3/h1,5-8H,2-3H3,(H,15,16). The quantitative estimate of drug-likeness (QED) is 0.735. The Morgan fingerprint density at radius 1 is 1.44 bits per heavy atom. The van der Waals surface area contributed by atoms with E-state index in [9.17, 15) is 4.79 Å². The minimum atomic E-state index is -0.238. The zero-order chi connectivity index (χ0) is 11.7. The van der Waals surface area contributed by atoms with Gasteiger partial charge in [-0.25, -0.2) is 0 Å². The number of terminal acetylenes is 1. The van der Waals surface area contributed by atoms with Crippen LogP contribution in [0.2, 0.25) is 0 Å². The van der Waals surface area contributed by atoms with Gasteiger partial charge >= 0.3 is 0 Å². The predicted molar refractivity (Wildman–Crippen MR) is 64.4 cm³/mol. The van der Waals surface area contributed by atoms with Gasteiger partial charge in [-0.2, -0.15) is 0 Å². The molecule has 2 aromatic heterocycles. The van der Waals surface area contributed by atoms with Gasteiger partial charge < -0.3 is 4.98 Å². The van der Waals surface area contributed by atoms with Gasteiger partial charge in [0.05, 0.1) is 16.6 Å². The summed E-state index contributed by atoms with van der Waals surface area (Å²) in [6.45, 7) is 4.16. The number of nitrogens with one attached hydrogen (secondary N) is 1. The molecule has 0 aromatic carbocycles. The van der Waals surface area contributed by atoms with Gasteiger partial charge in [-0.1, -0.05) is 19.8 Å². The molecule has 0 aliphatic heterocycles. The van der Waals surface area contributed by atoms with Crippen molar-refractivity contribution < 1.29 is 0 Å². The maximum absolute atomic E-state index is 11.5. The van der Waals surface area contributed by atoms with Crippen LogP contribution in [0, 0.1) is 12.3 Å².